The number of carbonyl (C=O) groups is 2. The number of nitrogens with two attached hydrogens (primary N) is 1. The third kappa shape index (κ3) is 22.5. The van der Waals surface area contributed by atoms with Gasteiger partial charge in [0.05, 0.1) is 13.2 Å². The monoisotopic (exact) mass is 507 g/mol. The van der Waals surface area contributed by atoms with Gasteiger partial charge in [-0.25, -0.2) is 4.57 Å². The zero-order valence-corrected chi connectivity index (χ0v) is 22.0. The summed E-state index contributed by atoms with van der Waals surface area (Å²) in [5.41, 5.74) is 5.22. The molecule has 0 heterocycles. The van der Waals surface area contributed by atoms with Crippen LogP contribution in [0.4, 0.5) is 0 Å². The van der Waals surface area contributed by atoms with E-state index in [2.05, 4.69) is 23.6 Å². The summed E-state index contributed by atoms with van der Waals surface area (Å²) in [4.78, 5) is 32.7. The summed E-state index contributed by atoms with van der Waals surface area (Å²) < 4.78 is 31.3. The van der Waals surface area contributed by atoms with Gasteiger partial charge in [-0.15, -0.1) is 0 Å². The van der Waals surface area contributed by atoms with E-state index in [1.807, 2.05) is 0 Å². The van der Waals surface area contributed by atoms with Crippen LogP contribution >= 0.6 is 7.82 Å². The number of ether oxygens (including phenoxy) is 2. The second kappa shape index (κ2) is 22.2. The van der Waals surface area contributed by atoms with E-state index in [0.29, 0.717) is 6.42 Å². The van der Waals surface area contributed by atoms with Crippen molar-refractivity contribution in [2.75, 3.05) is 26.4 Å². The highest BCUT2D eigenvalue weighted by atomic mass is 31.2. The first kappa shape index (κ1) is 32.8. The fraction of sp³-hybridized carbons (Fsp3) is 0.833. The average molecular weight is 508 g/mol. The van der Waals surface area contributed by atoms with E-state index >= 15 is 0 Å². The second-order valence-corrected chi connectivity index (χ2v) is 9.73. The zero-order chi connectivity index (χ0) is 25.5. The molecule has 0 saturated carbocycles. The van der Waals surface area contributed by atoms with Gasteiger partial charge in [-0.3, -0.25) is 18.6 Å². The lowest BCUT2D eigenvalue weighted by molar-refractivity contribution is -0.160. The lowest BCUT2D eigenvalue weighted by Gasteiger charge is -2.19. The first-order valence-electron chi connectivity index (χ1n) is 12.6. The SMILES string of the molecule is CCCCCCC/C=C\CCCCCCCC(=O)OC(COC(C)=O)COP(=O)(O)OCCN. The molecule has 0 aliphatic heterocycles. The molecule has 0 aliphatic carbocycles. The van der Waals surface area contributed by atoms with Gasteiger partial charge in [-0.1, -0.05) is 64.0 Å². The van der Waals surface area contributed by atoms with Crippen LogP contribution in [-0.4, -0.2) is 49.3 Å². The fourth-order valence-electron chi connectivity index (χ4n) is 3.12. The number of unbranched alkanes of at least 4 members (excludes halogenated alkanes) is 10. The molecule has 0 fully saturated rings. The highest BCUT2D eigenvalue weighted by molar-refractivity contribution is 7.47. The van der Waals surface area contributed by atoms with Crippen LogP contribution in [0.25, 0.3) is 0 Å². The van der Waals surface area contributed by atoms with Gasteiger partial charge < -0.3 is 20.1 Å². The summed E-state index contributed by atoms with van der Waals surface area (Å²) in [5.74, 6) is -1.03. The first-order chi connectivity index (χ1) is 16.3. The van der Waals surface area contributed by atoms with E-state index in [-0.39, 0.29) is 26.2 Å². The predicted molar refractivity (Wildman–Crippen MR) is 132 cm³/mol. The lowest BCUT2D eigenvalue weighted by Crippen LogP contribution is -2.29. The van der Waals surface area contributed by atoms with Gasteiger partial charge in [-0.05, 0) is 32.1 Å². The number of hydrogen-bond acceptors (Lipinski definition) is 8. The fourth-order valence-corrected chi connectivity index (χ4v) is 3.88. The molecule has 0 spiro atoms. The second-order valence-electron chi connectivity index (χ2n) is 8.28. The van der Waals surface area contributed by atoms with E-state index < -0.39 is 32.5 Å². The van der Waals surface area contributed by atoms with Gasteiger partial charge in [0.25, 0.3) is 0 Å². The Labute approximate surface area is 205 Å². The van der Waals surface area contributed by atoms with Crippen LogP contribution in [0.1, 0.15) is 97.3 Å². The maximum absolute atomic E-state index is 12.1. The largest absolute Gasteiger partial charge is 0.472 e. The molecular formula is C24H46NO8P. The summed E-state index contributed by atoms with van der Waals surface area (Å²) in [7, 11) is -4.32. The van der Waals surface area contributed by atoms with Crippen molar-refractivity contribution in [3.05, 3.63) is 12.2 Å². The topological polar surface area (TPSA) is 134 Å². The van der Waals surface area contributed by atoms with Crippen molar-refractivity contribution in [3.63, 3.8) is 0 Å². The molecule has 0 amide bonds. The maximum atomic E-state index is 12.1. The van der Waals surface area contributed by atoms with Crippen molar-refractivity contribution in [3.8, 4) is 0 Å². The summed E-state index contributed by atoms with van der Waals surface area (Å²) in [5, 5.41) is 0. The van der Waals surface area contributed by atoms with Crippen LogP contribution in [0, 0.1) is 0 Å². The molecule has 2 atom stereocenters. The Morgan fingerprint density at radius 3 is 2.09 bits per heavy atom. The van der Waals surface area contributed by atoms with Crippen LogP contribution in [0.5, 0.6) is 0 Å². The van der Waals surface area contributed by atoms with E-state index in [0.717, 1.165) is 32.1 Å². The summed E-state index contributed by atoms with van der Waals surface area (Å²) >= 11 is 0. The van der Waals surface area contributed by atoms with Gasteiger partial charge >= 0.3 is 19.8 Å². The Kier molecular flexibility index (Phi) is 21.4. The van der Waals surface area contributed by atoms with Crippen molar-refractivity contribution in [1.29, 1.82) is 0 Å². The Bertz CT molecular complexity index is 600. The number of phosphoric acid groups is 1. The maximum Gasteiger partial charge on any atom is 0.472 e. The first-order valence-corrected chi connectivity index (χ1v) is 14.1. The molecule has 0 aromatic heterocycles. The minimum Gasteiger partial charge on any atom is -0.462 e. The Hall–Kier alpha value is -1.25. The standard InChI is InChI=1S/C24H46NO8P/c1-3-4-5-6-7-8-9-10-11-12-13-14-15-16-17-24(27)33-23(20-30-22(2)26)21-32-34(28,29)31-19-18-25/h9-10,23H,3-8,11-21,25H2,1-2H3,(H,28,29)/b10-9-. The van der Waals surface area contributed by atoms with E-state index in [9.17, 15) is 19.0 Å². The van der Waals surface area contributed by atoms with Crippen LogP contribution in [0.15, 0.2) is 12.2 Å². The normalized spacial score (nSPS) is 14.1. The number of phosphoric ester groups is 1. The molecular weight excluding hydrogens is 461 g/mol. The molecule has 0 bridgehead atoms. The molecule has 0 saturated heterocycles. The molecule has 0 aliphatic rings. The highest BCUT2D eigenvalue weighted by Crippen LogP contribution is 2.43. The van der Waals surface area contributed by atoms with Gasteiger partial charge in [0.1, 0.15) is 6.61 Å². The van der Waals surface area contributed by atoms with Gasteiger partial charge in [0.15, 0.2) is 6.10 Å². The summed E-state index contributed by atoms with van der Waals surface area (Å²) in [6.07, 6.45) is 17.5. The quantitative estimate of drug-likeness (QED) is 0.0828. The third-order valence-corrected chi connectivity index (χ3v) is 5.94. The van der Waals surface area contributed by atoms with Crippen molar-refractivity contribution in [2.24, 2.45) is 5.73 Å². The third-order valence-electron chi connectivity index (χ3n) is 4.96. The average Bonchev–Trinajstić information content (AvgIpc) is 2.79. The van der Waals surface area contributed by atoms with Crippen LogP contribution < -0.4 is 5.73 Å². The van der Waals surface area contributed by atoms with E-state index in [4.69, 9.17) is 19.7 Å². The van der Waals surface area contributed by atoms with Crippen molar-refractivity contribution in [1.82, 2.24) is 0 Å². The minimum absolute atomic E-state index is 0.0513. The number of carbonyl (C=O) groups excluding carboxylic acids is 2. The molecule has 34 heavy (non-hydrogen) atoms. The summed E-state index contributed by atoms with van der Waals surface area (Å²) in [6, 6.07) is 0. The van der Waals surface area contributed by atoms with Crippen molar-refractivity contribution < 1.29 is 37.6 Å². The van der Waals surface area contributed by atoms with Crippen LogP contribution in [0.2, 0.25) is 0 Å². The molecule has 0 rings (SSSR count). The van der Waals surface area contributed by atoms with Gasteiger partial charge in [0, 0.05) is 19.9 Å². The van der Waals surface area contributed by atoms with E-state index in [1.54, 1.807) is 0 Å². The number of hydrogen-bond donors (Lipinski definition) is 2. The van der Waals surface area contributed by atoms with Crippen LogP contribution in [0.3, 0.4) is 0 Å². The Morgan fingerprint density at radius 1 is 0.912 bits per heavy atom. The molecule has 2 unspecified atom stereocenters. The number of esters is 2. The predicted octanol–water partition coefficient (Wildman–Crippen LogP) is 5.20. The van der Waals surface area contributed by atoms with Crippen molar-refractivity contribution >= 4 is 19.8 Å². The molecule has 200 valence electrons. The lowest BCUT2D eigenvalue weighted by atomic mass is 10.1. The number of rotatable bonds is 23. The Balaban J connectivity index is 3.96. The molecule has 0 aromatic rings. The summed E-state index contributed by atoms with van der Waals surface area (Å²) in [6.45, 7) is 2.62. The molecule has 10 heteroatoms. The number of allylic oxidation sites excluding steroid dienone is 2. The van der Waals surface area contributed by atoms with Crippen LogP contribution in [-0.2, 0) is 32.7 Å². The zero-order valence-electron chi connectivity index (χ0n) is 21.1. The van der Waals surface area contributed by atoms with Gasteiger partial charge in [-0.2, -0.15) is 0 Å². The van der Waals surface area contributed by atoms with E-state index in [1.165, 1.54) is 45.4 Å². The Morgan fingerprint density at radius 2 is 1.50 bits per heavy atom. The highest BCUT2D eigenvalue weighted by Gasteiger charge is 2.25. The van der Waals surface area contributed by atoms with Crippen molar-refractivity contribution in [2.45, 2.75) is 103 Å². The molecule has 0 aromatic carbocycles. The minimum atomic E-state index is -4.32. The molecule has 3 N–H and O–H groups in total. The smallest absolute Gasteiger partial charge is 0.462 e. The molecule has 9 nitrogen and oxygen atoms in total. The van der Waals surface area contributed by atoms with Gasteiger partial charge in [0.2, 0.25) is 0 Å². The molecule has 0 radical (unpaired) electrons.